The zero-order valence-electron chi connectivity index (χ0n) is 11.9. The Labute approximate surface area is 124 Å². The molecule has 0 amide bonds. The van der Waals surface area contributed by atoms with Crippen LogP contribution in [0, 0.1) is 0 Å². The maximum absolute atomic E-state index is 9.77. The Morgan fingerprint density at radius 3 is 2.57 bits per heavy atom. The van der Waals surface area contributed by atoms with Crippen LogP contribution in [0.5, 0.6) is 11.5 Å². The first-order chi connectivity index (χ1) is 10.2. The van der Waals surface area contributed by atoms with E-state index in [9.17, 15) is 10.2 Å². The maximum Gasteiger partial charge on any atom is 0.133 e. The van der Waals surface area contributed by atoms with Crippen LogP contribution in [0.25, 0.3) is 6.08 Å². The Hall–Kier alpha value is -2.26. The number of hydrogen-bond donors (Lipinski definition) is 2. The number of aliphatic hydroxyl groups is 1. The van der Waals surface area contributed by atoms with Gasteiger partial charge in [-0.2, -0.15) is 0 Å². The maximum atomic E-state index is 9.77. The minimum atomic E-state index is -0.216. The molecule has 0 saturated carbocycles. The second-order valence-corrected chi connectivity index (χ2v) is 5.22. The first kappa shape index (κ1) is 13.7. The number of phenolic OH excluding ortho intramolecular Hbond substituents is 1. The summed E-state index contributed by atoms with van der Waals surface area (Å²) in [5.41, 5.74) is 3.09. The highest BCUT2D eigenvalue weighted by molar-refractivity contribution is 5.56. The molecule has 0 spiro atoms. The number of aromatic hydroxyl groups is 1. The predicted molar refractivity (Wildman–Crippen MR) is 82.5 cm³/mol. The largest absolute Gasteiger partial charge is 0.508 e. The Kier molecular flexibility index (Phi) is 3.67. The van der Waals surface area contributed by atoms with Gasteiger partial charge in [-0.15, -0.1) is 0 Å². The van der Waals surface area contributed by atoms with Crippen LogP contribution >= 0.6 is 0 Å². The van der Waals surface area contributed by atoms with Crippen LogP contribution in [0.4, 0.5) is 0 Å². The second-order valence-electron chi connectivity index (χ2n) is 5.22. The lowest BCUT2D eigenvalue weighted by Gasteiger charge is -2.17. The van der Waals surface area contributed by atoms with Crippen molar-refractivity contribution in [1.29, 1.82) is 0 Å². The van der Waals surface area contributed by atoms with E-state index >= 15 is 0 Å². The molecule has 3 rings (SSSR count). The number of aliphatic hydroxyl groups excluding tert-OH is 1. The molecule has 1 aliphatic heterocycles. The van der Waals surface area contributed by atoms with Crippen molar-refractivity contribution >= 4 is 6.08 Å². The van der Waals surface area contributed by atoms with Gasteiger partial charge in [-0.1, -0.05) is 30.4 Å². The summed E-state index contributed by atoms with van der Waals surface area (Å²) in [6.07, 6.45) is 3.80. The summed E-state index contributed by atoms with van der Waals surface area (Å²) in [6, 6.07) is 13.0. The Bertz CT molecular complexity index is 659. The predicted octanol–water partition coefficient (Wildman–Crippen LogP) is 3.63. The van der Waals surface area contributed by atoms with Gasteiger partial charge in [0.05, 0.1) is 12.5 Å². The van der Waals surface area contributed by atoms with E-state index in [1.807, 2.05) is 43.3 Å². The number of phenols is 1. The van der Waals surface area contributed by atoms with Crippen LogP contribution in [0.15, 0.2) is 48.5 Å². The van der Waals surface area contributed by atoms with Crippen molar-refractivity contribution in [2.24, 2.45) is 0 Å². The molecular formula is C18H18O3. The van der Waals surface area contributed by atoms with E-state index in [2.05, 4.69) is 6.07 Å². The van der Waals surface area contributed by atoms with E-state index in [1.165, 1.54) is 0 Å². The Balaban J connectivity index is 1.97. The number of rotatable bonds is 3. The molecule has 3 heteroatoms. The normalized spacial score (nSPS) is 20.5. The Morgan fingerprint density at radius 2 is 1.90 bits per heavy atom. The number of allylic oxidation sites excluding steroid dienone is 1. The van der Waals surface area contributed by atoms with Crippen LogP contribution in [0.1, 0.15) is 35.6 Å². The van der Waals surface area contributed by atoms with E-state index in [0.29, 0.717) is 0 Å². The van der Waals surface area contributed by atoms with Gasteiger partial charge in [-0.05, 0) is 42.3 Å². The molecule has 0 bridgehead atoms. The van der Waals surface area contributed by atoms with Crippen molar-refractivity contribution in [2.45, 2.75) is 18.9 Å². The van der Waals surface area contributed by atoms with Gasteiger partial charge in [-0.25, -0.2) is 0 Å². The molecular weight excluding hydrogens is 264 g/mol. The summed E-state index contributed by atoms with van der Waals surface area (Å²) in [5.74, 6) is 0.959. The van der Waals surface area contributed by atoms with Gasteiger partial charge in [0.25, 0.3) is 0 Å². The molecule has 0 fully saturated rings. The minimum Gasteiger partial charge on any atom is -0.508 e. The van der Waals surface area contributed by atoms with Gasteiger partial charge in [0.1, 0.15) is 17.6 Å². The summed E-state index contributed by atoms with van der Waals surface area (Å²) in [6.45, 7) is 2.00. The zero-order valence-corrected chi connectivity index (χ0v) is 11.9. The highest BCUT2D eigenvalue weighted by atomic mass is 16.5. The van der Waals surface area contributed by atoms with E-state index in [-0.39, 0.29) is 24.4 Å². The lowest BCUT2D eigenvalue weighted by atomic mass is 9.91. The van der Waals surface area contributed by atoms with Crippen molar-refractivity contribution in [3.05, 3.63) is 65.2 Å². The molecule has 2 aromatic rings. The second kappa shape index (κ2) is 5.62. The van der Waals surface area contributed by atoms with Gasteiger partial charge >= 0.3 is 0 Å². The van der Waals surface area contributed by atoms with Crippen molar-refractivity contribution in [2.75, 3.05) is 6.61 Å². The lowest BCUT2D eigenvalue weighted by Crippen LogP contribution is -2.13. The van der Waals surface area contributed by atoms with Crippen LogP contribution in [0.2, 0.25) is 0 Å². The highest BCUT2D eigenvalue weighted by Crippen LogP contribution is 2.46. The molecule has 0 aromatic heterocycles. The zero-order chi connectivity index (χ0) is 14.8. The van der Waals surface area contributed by atoms with E-state index < -0.39 is 0 Å². The van der Waals surface area contributed by atoms with Crippen LogP contribution in [-0.2, 0) is 0 Å². The summed E-state index contributed by atoms with van der Waals surface area (Å²) in [7, 11) is 0. The van der Waals surface area contributed by atoms with Crippen LogP contribution < -0.4 is 4.74 Å². The summed E-state index contributed by atoms with van der Waals surface area (Å²) in [4.78, 5) is 0. The summed E-state index contributed by atoms with van der Waals surface area (Å²) >= 11 is 0. The van der Waals surface area contributed by atoms with E-state index in [1.54, 1.807) is 12.1 Å². The molecule has 0 radical (unpaired) electrons. The third kappa shape index (κ3) is 2.52. The van der Waals surface area contributed by atoms with Gasteiger partial charge < -0.3 is 14.9 Å². The van der Waals surface area contributed by atoms with Crippen LogP contribution in [0.3, 0.4) is 0 Å². The molecule has 108 valence electrons. The number of benzene rings is 2. The lowest BCUT2D eigenvalue weighted by molar-refractivity contribution is 0.160. The van der Waals surface area contributed by atoms with Crippen molar-refractivity contribution in [3.63, 3.8) is 0 Å². The number of hydrogen-bond acceptors (Lipinski definition) is 3. The van der Waals surface area contributed by atoms with Crippen molar-refractivity contribution in [3.8, 4) is 11.5 Å². The molecule has 1 heterocycles. The Morgan fingerprint density at radius 1 is 1.14 bits per heavy atom. The number of ether oxygens (including phenoxy) is 1. The SMILES string of the molecule is CC=Cc1ccc2c(c1)[C@H](CO)[C@@H](c1ccc(O)cc1)O2. The molecule has 2 aromatic carbocycles. The first-order valence-electron chi connectivity index (χ1n) is 7.06. The molecule has 2 atom stereocenters. The highest BCUT2D eigenvalue weighted by Gasteiger charge is 2.35. The van der Waals surface area contributed by atoms with E-state index in [0.717, 1.165) is 22.4 Å². The fraction of sp³-hybridized carbons (Fsp3) is 0.222. The van der Waals surface area contributed by atoms with Gasteiger partial charge in [-0.3, -0.25) is 0 Å². The molecule has 3 nitrogen and oxygen atoms in total. The molecule has 0 saturated heterocycles. The van der Waals surface area contributed by atoms with Gasteiger partial charge in [0, 0.05) is 5.56 Å². The molecule has 0 aliphatic carbocycles. The van der Waals surface area contributed by atoms with Crippen molar-refractivity contribution < 1.29 is 14.9 Å². The van der Waals surface area contributed by atoms with Gasteiger partial charge in [0.2, 0.25) is 0 Å². The average Bonchev–Trinajstić information content (AvgIpc) is 2.86. The van der Waals surface area contributed by atoms with Crippen LogP contribution in [-0.4, -0.2) is 16.8 Å². The van der Waals surface area contributed by atoms with Gasteiger partial charge in [0.15, 0.2) is 0 Å². The standard InChI is InChI=1S/C18H18O3/c1-2-3-12-4-9-17-15(10-12)16(11-19)18(21-17)13-5-7-14(20)8-6-13/h2-10,16,18-20H,11H2,1H3/t16-,18+/m0/s1. The molecule has 0 unspecified atom stereocenters. The molecule has 1 aliphatic rings. The number of fused-ring (bicyclic) bond motifs is 1. The average molecular weight is 282 g/mol. The van der Waals surface area contributed by atoms with Crippen molar-refractivity contribution in [1.82, 2.24) is 0 Å². The topological polar surface area (TPSA) is 49.7 Å². The first-order valence-corrected chi connectivity index (χ1v) is 7.06. The third-order valence-corrected chi connectivity index (χ3v) is 3.83. The monoisotopic (exact) mass is 282 g/mol. The molecule has 21 heavy (non-hydrogen) atoms. The summed E-state index contributed by atoms with van der Waals surface area (Å²) < 4.78 is 6.00. The smallest absolute Gasteiger partial charge is 0.133 e. The third-order valence-electron chi connectivity index (χ3n) is 3.83. The minimum absolute atomic E-state index is 0.0256. The quantitative estimate of drug-likeness (QED) is 0.903. The molecule has 2 N–H and O–H groups in total. The fourth-order valence-corrected chi connectivity index (χ4v) is 2.80. The fourth-order valence-electron chi connectivity index (χ4n) is 2.80. The summed E-state index contributed by atoms with van der Waals surface area (Å²) in [5, 5.41) is 19.2. The van der Waals surface area contributed by atoms with E-state index in [4.69, 9.17) is 4.74 Å².